The van der Waals surface area contributed by atoms with E-state index in [1.807, 2.05) is 19.1 Å². The minimum Gasteiger partial charge on any atom is -0.456 e. The molecule has 0 aliphatic carbocycles. The number of aryl methyl sites for hydroxylation is 1. The van der Waals surface area contributed by atoms with Crippen LogP contribution >= 0.6 is 11.6 Å². The number of benzene rings is 2. The standard InChI is InChI=1S/C16H16ClNO4S/c1-10-2-3-16(23(19,20)21)15(4-10)22-14-6-11(5-13(17)7-14)12-8-18-9-12/h2-7,12,18H,8-9H2,1H3,(H,19,20,21). The Morgan fingerprint density at radius 2 is 1.96 bits per heavy atom. The Kier molecular flexibility index (Phi) is 4.33. The predicted molar refractivity (Wildman–Crippen MR) is 88.1 cm³/mol. The normalized spacial score (nSPS) is 15.3. The Hall–Kier alpha value is -1.60. The molecule has 122 valence electrons. The minimum absolute atomic E-state index is 0.0763. The lowest BCUT2D eigenvalue weighted by atomic mass is 9.94. The van der Waals surface area contributed by atoms with E-state index in [9.17, 15) is 13.0 Å². The summed E-state index contributed by atoms with van der Waals surface area (Å²) in [7, 11) is -4.37. The first-order chi connectivity index (χ1) is 10.8. The average molecular weight is 354 g/mol. The van der Waals surface area contributed by atoms with Crippen molar-refractivity contribution in [1.82, 2.24) is 5.32 Å². The van der Waals surface area contributed by atoms with Crippen LogP contribution in [0.3, 0.4) is 0 Å². The third-order valence-electron chi connectivity index (χ3n) is 3.75. The molecule has 5 nitrogen and oxygen atoms in total. The van der Waals surface area contributed by atoms with Crippen molar-refractivity contribution >= 4 is 21.7 Å². The maximum Gasteiger partial charge on any atom is 0.298 e. The maximum atomic E-state index is 11.5. The monoisotopic (exact) mass is 353 g/mol. The van der Waals surface area contributed by atoms with E-state index in [1.165, 1.54) is 6.07 Å². The van der Waals surface area contributed by atoms with Gasteiger partial charge in [0.25, 0.3) is 10.1 Å². The van der Waals surface area contributed by atoms with Crippen LogP contribution in [-0.2, 0) is 10.1 Å². The van der Waals surface area contributed by atoms with Gasteiger partial charge < -0.3 is 10.1 Å². The first kappa shape index (κ1) is 16.3. The molecule has 1 aliphatic rings. The Balaban J connectivity index is 1.99. The van der Waals surface area contributed by atoms with Crippen LogP contribution in [0.25, 0.3) is 0 Å². The van der Waals surface area contributed by atoms with Gasteiger partial charge in [-0.25, -0.2) is 0 Å². The van der Waals surface area contributed by atoms with Crippen LogP contribution < -0.4 is 10.1 Å². The van der Waals surface area contributed by atoms with Gasteiger partial charge in [0.05, 0.1) is 0 Å². The van der Waals surface area contributed by atoms with Crippen LogP contribution in [0.5, 0.6) is 11.5 Å². The molecule has 1 saturated heterocycles. The van der Waals surface area contributed by atoms with Gasteiger partial charge in [-0.1, -0.05) is 17.7 Å². The molecule has 0 spiro atoms. The lowest BCUT2D eigenvalue weighted by molar-refractivity contribution is 0.437. The van der Waals surface area contributed by atoms with Crippen molar-refractivity contribution in [3.63, 3.8) is 0 Å². The van der Waals surface area contributed by atoms with Gasteiger partial charge in [0, 0.05) is 24.0 Å². The zero-order chi connectivity index (χ0) is 16.6. The fourth-order valence-electron chi connectivity index (χ4n) is 2.44. The Morgan fingerprint density at radius 1 is 1.22 bits per heavy atom. The zero-order valence-electron chi connectivity index (χ0n) is 12.4. The molecule has 3 rings (SSSR count). The number of nitrogens with one attached hydrogen (secondary N) is 1. The van der Waals surface area contributed by atoms with Crippen molar-refractivity contribution in [2.45, 2.75) is 17.7 Å². The first-order valence-corrected chi connectivity index (χ1v) is 8.92. The molecule has 1 fully saturated rings. The number of hydrogen-bond donors (Lipinski definition) is 2. The summed E-state index contributed by atoms with van der Waals surface area (Å²) >= 11 is 6.13. The van der Waals surface area contributed by atoms with E-state index in [1.54, 1.807) is 18.2 Å². The van der Waals surface area contributed by atoms with Crippen molar-refractivity contribution in [3.05, 3.63) is 52.5 Å². The number of hydrogen-bond acceptors (Lipinski definition) is 4. The molecule has 1 aliphatic heterocycles. The second kappa shape index (κ2) is 6.13. The van der Waals surface area contributed by atoms with Crippen LogP contribution in [0.1, 0.15) is 17.0 Å². The Bertz CT molecular complexity index is 847. The number of rotatable bonds is 4. The van der Waals surface area contributed by atoms with E-state index in [2.05, 4.69) is 5.32 Å². The molecule has 2 aromatic carbocycles. The van der Waals surface area contributed by atoms with Crippen molar-refractivity contribution in [2.75, 3.05) is 13.1 Å². The Morgan fingerprint density at radius 3 is 2.57 bits per heavy atom. The minimum atomic E-state index is -4.37. The maximum absolute atomic E-state index is 11.5. The second-order valence-corrected chi connectivity index (χ2v) is 7.43. The van der Waals surface area contributed by atoms with E-state index in [0.29, 0.717) is 16.7 Å². The number of halogens is 1. The van der Waals surface area contributed by atoms with Gasteiger partial charge in [-0.15, -0.1) is 0 Å². The summed E-state index contributed by atoms with van der Waals surface area (Å²) in [6.07, 6.45) is 0. The van der Waals surface area contributed by atoms with Crippen molar-refractivity contribution in [2.24, 2.45) is 0 Å². The number of ether oxygens (including phenoxy) is 1. The molecule has 0 aromatic heterocycles. The van der Waals surface area contributed by atoms with Crippen molar-refractivity contribution in [3.8, 4) is 11.5 Å². The van der Waals surface area contributed by atoms with Crippen molar-refractivity contribution < 1.29 is 17.7 Å². The quantitative estimate of drug-likeness (QED) is 0.824. The molecule has 0 unspecified atom stereocenters. The van der Waals surface area contributed by atoms with Gasteiger partial charge in [-0.05, 0) is 48.4 Å². The average Bonchev–Trinajstić information content (AvgIpc) is 2.34. The van der Waals surface area contributed by atoms with Crippen LogP contribution in [0.4, 0.5) is 0 Å². The molecule has 23 heavy (non-hydrogen) atoms. The van der Waals surface area contributed by atoms with E-state index >= 15 is 0 Å². The first-order valence-electron chi connectivity index (χ1n) is 7.10. The molecule has 2 aromatic rings. The fourth-order valence-corrected chi connectivity index (χ4v) is 3.27. The fraction of sp³-hybridized carbons (Fsp3) is 0.250. The molecule has 2 N–H and O–H groups in total. The highest BCUT2D eigenvalue weighted by Gasteiger charge is 2.21. The summed E-state index contributed by atoms with van der Waals surface area (Å²) in [6, 6.07) is 9.82. The smallest absolute Gasteiger partial charge is 0.298 e. The summed E-state index contributed by atoms with van der Waals surface area (Å²) in [5, 5.41) is 3.71. The highest BCUT2D eigenvalue weighted by Crippen LogP contribution is 2.34. The third kappa shape index (κ3) is 3.67. The van der Waals surface area contributed by atoms with Gasteiger partial charge in [0.1, 0.15) is 16.4 Å². The summed E-state index contributed by atoms with van der Waals surface area (Å²) < 4.78 is 38.0. The van der Waals surface area contributed by atoms with Crippen LogP contribution in [0.2, 0.25) is 5.02 Å². The van der Waals surface area contributed by atoms with E-state index in [4.69, 9.17) is 16.3 Å². The molecular formula is C16H16ClNO4S. The highest BCUT2D eigenvalue weighted by atomic mass is 35.5. The molecule has 0 bridgehead atoms. The largest absolute Gasteiger partial charge is 0.456 e. The lowest BCUT2D eigenvalue weighted by Gasteiger charge is -2.28. The van der Waals surface area contributed by atoms with Crippen LogP contribution in [0.15, 0.2) is 41.3 Å². The highest BCUT2D eigenvalue weighted by molar-refractivity contribution is 7.86. The topological polar surface area (TPSA) is 75.6 Å². The van der Waals surface area contributed by atoms with Crippen molar-refractivity contribution in [1.29, 1.82) is 0 Å². The summed E-state index contributed by atoms with van der Waals surface area (Å²) in [5.41, 5.74) is 1.85. The summed E-state index contributed by atoms with van der Waals surface area (Å²) in [4.78, 5) is -0.269. The molecule has 0 radical (unpaired) electrons. The van der Waals surface area contributed by atoms with Crippen LogP contribution in [0, 0.1) is 6.92 Å². The van der Waals surface area contributed by atoms with Gasteiger partial charge in [-0.3, -0.25) is 4.55 Å². The van der Waals surface area contributed by atoms with E-state index in [-0.39, 0.29) is 10.6 Å². The zero-order valence-corrected chi connectivity index (χ0v) is 14.0. The van der Waals surface area contributed by atoms with Gasteiger partial charge in [0.2, 0.25) is 0 Å². The molecular weight excluding hydrogens is 338 g/mol. The Labute approximate surface area is 140 Å². The summed E-state index contributed by atoms with van der Waals surface area (Å²) in [6.45, 7) is 3.56. The second-order valence-electron chi connectivity index (χ2n) is 5.60. The van der Waals surface area contributed by atoms with Gasteiger partial charge in [0.15, 0.2) is 0 Å². The molecule has 7 heteroatoms. The molecule has 0 saturated carbocycles. The molecule has 0 atom stereocenters. The summed E-state index contributed by atoms with van der Waals surface area (Å²) in [5.74, 6) is 0.886. The van der Waals surface area contributed by atoms with Gasteiger partial charge >= 0.3 is 0 Å². The SMILES string of the molecule is Cc1ccc(S(=O)(=O)O)c(Oc2cc(Cl)cc(C3CNC3)c2)c1. The van der Waals surface area contributed by atoms with E-state index < -0.39 is 10.1 Å². The lowest BCUT2D eigenvalue weighted by Crippen LogP contribution is -2.39. The predicted octanol–water partition coefficient (Wildman–Crippen LogP) is 3.37. The van der Waals surface area contributed by atoms with Gasteiger partial charge in [-0.2, -0.15) is 8.42 Å². The third-order valence-corrected chi connectivity index (χ3v) is 4.86. The van der Waals surface area contributed by atoms with Crippen LogP contribution in [-0.4, -0.2) is 26.1 Å². The molecule has 1 heterocycles. The molecule has 0 amide bonds. The van der Waals surface area contributed by atoms with E-state index in [0.717, 1.165) is 24.2 Å².